The summed E-state index contributed by atoms with van der Waals surface area (Å²) >= 11 is 0. The molecule has 1 unspecified atom stereocenters. The van der Waals surface area contributed by atoms with Gasteiger partial charge in [0.1, 0.15) is 5.76 Å². The zero-order chi connectivity index (χ0) is 15.5. The van der Waals surface area contributed by atoms with Gasteiger partial charge in [0.05, 0.1) is 6.26 Å². The summed E-state index contributed by atoms with van der Waals surface area (Å²) in [6.45, 7) is 2.53. The zero-order valence-electron chi connectivity index (χ0n) is 12.4. The lowest BCUT2D eigenvalue weighted by atomic mass is 10.1. The van der Waals surface area contributed by atoms with Gasteiger partial charge in [-0.2, -0.15) is 0 Å². The fourth-order valence-corrected chi connectivity index (χ4v) is 2.01. The number of carboxylic acids is 1. The molecular formula is C15H24N2O4. The number of hydrogen-bond acceptors (Lipinski definition) is 3. The molecule has 0 aliphatic carbocycles. The predicted molar refractivity (Wildman–Crippen MR) is 79.1 cm³/mol. The minimum atomic E-state index is -0.752. The molecule has 1 atom stereocenters. The lowest BCUT2D eigenvalue weighted by Gasteiger charge is -2.13. The van der Waals surface area contributed by atoms with Crippen LogP contribution in [0.1, 0.15) is 44.8 Å². The Labute approximate surface area is 124 Å². The third-order valence-corrected chi connectivity index (χ3v) is 3.07. The molecule has 1 rings (SSSR count). The molecular weight excluding hydrogens is 272 g/mol. The van der Waals surface area contributed by atoms with Gasteiger partial charge in [0.2, 0.25) is 0 Å². The van der Waals surface area contributed by atoms with Gasteiger partial charge in [-0.1, -0.05) is 12.8 Å². The zero-order valence-corrected chi connectivity index (χ0v) is 12.4. The largest absolute Gasteiger partial charge is 0.481 e. The summed E-state index contributed by atoms with van der Waals surface area (Å²) in [7, 11) is 0. The Morgan fingerprint density at radius 2 is 2.05 bits per heavy atom. The van der Waals surface area contributed by atoms with Crippen molar-refractivity contribution >= 4 is 12.0 Å². The number of hydrogen-bond donors (Lipinski definition) is 3. The van der Waals surface area contributed by atoms with Crippen molar-refractivity contribution in [2.24, 2.45) is 0 Å². The van der Waals surface area contributed by atoms with Crippen LogP contribution < -0.4 is 10.6 Å². The minimum absolute atomic E-state index is 0.00622. The van der Waals surface area contributed by atoms with Crippen LogP contribution in [0, 0.1) is 0 Å². The number of rotatable bonds is 10. The number of urea groups is 1. The fourth-order valence-electron chi connectivity index (χ4n) is 2.01. The Morgan fingerprint density at radius 1 is 1.29 bits per heavy atom. The quantitative estimate of drug-likeness (QED) is 0.579. The number of amides is 2. The molecule has 1 aromatic heterocycles. The average molecular weight is 296 g/mol. The first kappa shape index (κ1) is 17.1. The van der Waals surface area contributed by atoms with Gasteiger partial charge in [-0.15, -0.1) is 0 Å². The summed E-state index contributed by atoms with van der Waals surface area (Å²) in [5, 5.41) is 14.1. The number of carbonyl (C=O) groups is 2. The maximum Gasteiger partial charge on any atom is 0.315 e. The number of aliphatic carboxylic acids is 1. The molecule has 2 amide bonds. The second-order valence-corrected chi connectivity index (χ2v) is 5.14. The van der Waals surface area contributed by atoms with Crippen LogP contribution >= 0.6 is 0 Å². The molecule has 0 radical (unpaired) electrons. The van der Waals surface area contributed by atoms with E-state index >= 15 is 0 Å². The predicted octanol–water partition coefficient (Wildman–Crippen LogP) is 2.54. The monoisotopic (exact) mass is 296 g/mol. The SMILES string of the molecule is CC(Cc1ccco1)NC(=O)NCCCCCCC(=O)O. The molecule has 1 aromatic rings. The third-order valence-electron chi connectivity index (χ3n) is 3.07. The van der Waals surface area contributed by atoms with Crippen molar-refractivity contribution in [3.63, 3.8) is 0 Å². The van der Waals surface area contributed by atoms with Crippen LogP contribution in [0.3, 0.4) is 0 Å². The molecule has 6 nitrogen and oxygen atoms in total. The topological polar surface area (TPSA) is 91.6 Å². The maximum absolute atomic E-state index is 11.6. The highest BCUT2D eigenvalue weighted by molar-refractivity contribution is 5.74. The molecule has 6 heteroatoms. The van der Waals surface area contributed by atoms with Gasteiger partial charge < -0.3 is 20.2 Å². The average Bonchev–Trinajstić information content (AvgIpc) is 2.89. The van der Waals surface area contributed by atoms with Gasteiger partial charge in [-0.05, 0) is 31.9 Å². The highest BCUT2D eigenvalue weighted by Gasteiger charge is 2.08. The van der Waals surface area contributed by atoms with E-state index in [2.05, 4.69) is 10.6 Å². The Bertz CT molecular complexity index is 417. The third kappa shape index (κ3) is 8.73. The molecule has 0 bridgehead atoms. The molecule has 0 spiro atoms. The molecule has 0 aliphatic heterocycles. The van der Waals surface area contributed by atoms with Gasteiger partial charge in [0.25, 0.3) is 0 Å². The second kappa shape index (κ2) is 9.85. The molecule has 0 saturated carbocycles. The van der Waals surface area contributed by atoms with Crippen LogP contribution in [0.2, 0.25) is 0 Å². The first-order valence-corrected chi connectivity index (χ1v) is 7.36. The van der Waals surface area contributed by atoms with E-state index in [0.29, 0.717) is 19.4 Å². The number of carboxylic acid groups (broad SMARTS) is 1. The minimum Gasteiger partial charge on any atom is -0.481 e. The van der Waals surface area contributed by atoms with E-state index in [9.17, 15) is 9.59 Å². The van der Waals surface area contributed by atoms with Gasteiger partial charge in [-0.25, -0.2) is 4.79 Å². The molecule has 118 valence electrons. The Morgan fingerprint density at radius 3 is 2.71 bits per heavy atom. The standard InChI is InChI=1S/C15H24N2O4/c1-12(11-13-7-6-10-21-13)17-15(20)16-9-5-3-2-4-8-14(18)19/h6-7,10,12H,2-5,8-9,11H2,1H3,(H,18,19)(H2,16,17,20). The maximum atomic E-state index is 11.6. The van der Waals surface area contributed by atoms with E-state index in [-0.39, 0.29) is 18.5 Å². The summed E-state index contributed by atoms with van der Waals surface area (Å²) in [5.74, 6) is 0.0966. The summed E-state index contributed by atoms with van der Waals surface area (Å²) < 4.78 is 5.23. The number of furan rings is 1. The Hall–Kier alpha value is -1.98. The lowest BCUT2D eigenvalue weighted by molar-refractivity contribution is -0.137. The summed E-state index contributed by atoms with van der Waals surface area (Å²) in [6, 6.07) is 3.53. The van der Waals surface area contributed by atoms with Crippen LogP contribution in [-0.2, 0) is 11.2 Å². The molecule has 1 heterocycles. The second-order valence-electron chi connectivity index (χ2n) is 5.14. The van der Waals surface area contributed by atoms with Gasteiger partial charge >= 0.3 is 12.0 Å². The van der Waals surface area contributed by atoms with Gasteiger partial charge in [-0.3, -0.25) is 4.79 Å². The van der Waals surface area contributed by atoms with E-state index in [1.165, 1.54) is 0 Å². The first-order chi connectivity index (χ1) is 10.1. The van der Waals surface area contributed by atoms with Crippen LogP contribution in [0.5, 0.6) is 0 Å². The molecule has 21 heavy (non-hydrogen) atoms. The van der Waals surface area contributed by atoms with Crippen molar-refractivity contribution in [1.29, 1.82) is 0 Å². The smallest absolute Gasteiger partial charge is 0.315 e. The summed E-state index contributed by atoms with van der Waals surface area (Å²) in [5.41, 5.74) is 0. The van der Waals surface area contributed by atoms with Crippen molar-refractivity contribution in [1.82, 2.24) is 10.6 Å². The van der Waals surface area contributed by atoms with Crippen LogP contribution in [-0.4, -0.2) is 29.7 Å². The fraction of sp³-hybridized carbons (Fsp3) is 0.600. The van der Waals surface area contributed by atoms with E-state index in [4.69, 9.17) is 9.52 Å². The van der Waals surface area contributed by atoms with E-state index in [1.54, 1.807) is 6.26 Å². The number of carbonyl (C=O) groups excluding carboxylic acids is 1. The summed E-state index contributed by atoms with van der Waals surface area (Å²) in [6.07, 6.45) is 5.86. The highest BCUT2D eigenvalue weighted by Crippen LogP contribution is 2.04. The first-order valence-electron chi connectivity index (χ1n) is 7.36. The number of nitrogens with one attached hydrogen (secondary N) is 2. The normalized spacial score (nSPS) is 11.9. The highest BCUT2D eigenvalue weighted by atomic mass is 16.4. The van der Waals surface area contributed by atoms with Crippen molar-refractivity contribution in [3.8, 4) is 0 Å². The van der Waals surface area contributed by atoms with Crippen LogP contribution in [0.25, 0.3) is 0 Å². The van der Waals surface area contributed by atoms with Crippen LogP contribution in [0.4, 0.5) is 4.79 Å². The number of unbranched alkanes of at least 4 members (excludes halogenated alkanes) is 3. The molecule has 3 N–H and O–H groups in total. The van der Waals surface area contributed by atoms with E-state index in [1.807, 2.05) is 19.1 Å². The Balaban J connectivity index is 1.99. The molecule has 0 aliphatic rings. The van der Waals surface area contributed by atoms with Crippen molar-refractivity contribution in [3.05, 3.63) is 24.2 Å². The van der Waals surface area contributed by atoms with E-state index in [0.717, 1.165) is 25.0 Å². The van der Waals surface area contributed by atoms with Crippen molar-refractivity contribution in [2.45, 2.75) is 51.5 Å². The van der Waals surface area contributed by atoms with Crippen molar-refractivity contribution in [2.75, 3.05) is 6.54 Å². The lowest BCUT2D eigenvalue weighted by Crippen LogP contribution is -2.41. The Kier molecular flexibility index (Phi) is 8.01. The molecule has 0 saturated heterocycles. The van der Waals surface area contributed by atoms with Crippen molar-refractivity contribution < 1.29 is 19.1 Å². The molecule has 0 aromatic carbocycles. The van der Waals surface area contributed by atoms with E-state index < -0.39 is 5.97 Å². The molecule has 0 fully saturated rings. The summed E-state index contributed by atoms with van der Waals surface area (Å²) in [4.78, 5) is 22.0. The van der Waals surface area contributed by atoms with Gasteiger partial charge in [0.15, 0.2) is 0 Å². The van der Waals surface area contributed by atoms with Crippen LogP contribution in [0.15, 0.2) is 22.8 Å². The van der Waals surface area contributed by atoms with Gasteiger partial charge in [0, 0.05) is 25.4 Å².